The third-order valence-corrected chi connectivity index (χ3v) is 16.6. The second-order valence-corrected chi connectivity index (χ2v) is 28.2. The van der Waals surface area contributed by atoms with Gasteiger partial charge in [0.05, 0.1) is 18.6 Å². The standard InChI is InChI=1S/C21H30O2.C17H31N2O2.C17H24.C4H6N2O2.CHF3O3S.2CH4.Cu/c1-7-23-18(22)17-13-21(17,6)14-8-9-15-16(12-14)20(4,5)11-10-19(15,2)3;1-15(2,3)11-9-20-13(18-11)17(7,8)14-19-12(10-21-14)16(4,5)6;1-12(2)13-7-8-14-15(11-13)17(5,6)10-9-16(14,3)4;1-2-4(8)6-5-3-7;2-1(3,4)8(5,6)7;;;/h8-9,12,17H,7,10-11,13H2,1-6H3;11-13H,9-10H2,1-8H3;7-8,11H,1,9-10H2,2-6H3;3H,2H2,1H3;(H,5,6,7);2*1H4;/q;-1;;;;;;+1/t;11-,12-,13?;;;;;;/m.1....../s1. The number of hydrogen-bond donors (Lipinski definition) is 1. The van der Waals surface area contributed by atoms with Gasteiger partial charge in [0.2, 0.25) is 0 Å². The topological polar surface area (TPSA) is 184 Å². The molecule has 1 saturated carbocycles. The summed E-state index contributed by atoms with van der Waals surface area (Å²) in [6.45, 7) is 50.0. The van der Waals surface area contributed by atoms with Crippen molar-refractivity contribution < 1.29 is 71.8 Å². The molecule has 80 heavy (non-hydrogen) atoms. The zero-order valence-electron chi connectivity index (χ0n) is 50.3. The normalized spacial score (nSPS) is 23.7. The van der Waals surface area contributed by atoms with Crippen LogP contribution in [0.4, 0.5) is 13.2 Å². The molecule has 2 heterocycles. The predicted molar refractivity (Wildman–Crippen MR) is 314 cm³/mol. The van der Waals surface area contributed by atoms with Crippen molar-refractivity contribution in [3.05, 3.63) is 81.7 Å². The molecule has 1 N–H and O–H groups in total. The van der Waals surface area contributed by atoms with Crippen molar-refractivity contribution in [3.63, 3.8) is 0 Å². The van der Waals surface area contributed by atoms with Gasteiger partial charge in [0.25, 0.3) is 12.3 Å². The molecule has 0 aromatic heterocycles. The quantitative estimate of drug-likeness (QED) is 0.0671. The van der Waals surface area contributed by atoms with Crippen molar-refractivity contribution in [1.29, 1.82) is 0 Å². The van der Waals surface area contributed by atoms with E-state index in [-0.39, 0.29) is 113 Å². The Bertz CT molecular complexity index is 2610. The number of benzene rings is 2. The Balaban J connectivity index is 0.00000102. The van der Waals surface area contributed by atoms with Crippen LogP contribution in [0.2, 0.25) is 0 Å². The molecule has 2 aromatic carbocycles. The number of esters is 1. The van der Waals surface area contributed by atoms with E-state index in [4.69, 9.17) is 37.5 Å². The Morgan fingerprint density at radius 3 is 1.65 bits per heavy atom. The molecule has 3 unspecified atom stereocenters. The van der Waals surface area contributed by atoms with Gasteiger partial charge in [0.15, 0.2) is 5.90 Å². The molecule has 2 aliphatic heterocycles. The van der Waals surface area contributed by atoms with Crippen LogP contribution in [-0.2, 0) is 82.9 Å². The third kappa shape index (κ3) is 19.4. The van der Waals surface area contributed by atoms with E-state index < -0.39 is 15.6 Å². The Hall–Kier alpha value is -3.80. The first-order valence-electron chi connectivity index (χ1n) is 26.9. The fourth-order valence-electron chi connectivity index (χ4n) is 9.80. The van der Waals surface area contributed by atoms with Gasteiger partial charge in [-0.2, -0.15) is 21.6 Å². The summed E-state index contributed by atoms with van der Waals surface area (Å²) < 4.78 is 74.6. The van der Waals surface area contributed by atoms with E-state index in [9.17, 15) is 27.6 Å². The molecule has 3 aliphatic carbocycles. The Morgan fingerprint density at radius 2 is 1.26 bits per heavy atom. The fourth-order valence-corrected chi connectivity index (χ4v) is 9.80. The van der Waals surface area contributed by atoms with Gasteiger partial charge in [-0.15, -0.1) is 16.3 Å². The van der Waals surface area contributed by atoms with Gasteiger partial charge >= 0.3 is 38.7 Å². The fraction of sp³-hybridized carbons (Fsp3) is 0.710. The van der Waals surface area contributed by atoms with Crippen LogP contribution in [0.1, 0.15) is 225 Å². The van der Waals surface area contributed by atoms with Crippen LogP contribution in [0.15, 0.2) is 58.2 Å². The van der Waals surface area contributed by atoms with Crippen molar-refractivity contribution in [2.24, 2.45) is 37.4 Å². The summed E-state index contributed by atoms with van der Waals surface area (Å²) in [5.41, 5.74) is 5.21. The number of rotatable bonds is 8. The van der Waals surface area contributed by atoms with Crippen molar-refractivity contribution >= 4 is 39.9 Å². The Kier molecular flexibility index (Phi) is 26.8. The van der Waals surface area contributed by atoms with Crippen LogP contribution >= 0.6 is 0 Å². The minimum absolute atomic E-state index is 0. The molecule has 460 valence electrons. The van der Waals surface area contributed by atoms with Crippen LogP contribution in [0.25, 0.3) is 10.9 Å². The molecular formula is C62H100CuF3N4O9S. The van der Waals surface area contributed by atoms with E-state index in [1.165, 1.54) is 59.1 Å². The van der Waals surface area contributed by atoms with E-state index in [1.54, 1.807) is 6.92 Å². The summed E-state index contributed by atoms with van der Waals surface area (Å²) in [5, 5.41) is 10.7. The van der Waals surface area contributed by atoms with E-state index in [2.05, 4.69) is 178 Å². The van der Waals surface area contributed by atoms with Gasteiger partial charge in [-0.3, -0.25) is 18.9 Å². The number of aliphatic imine (C=N–C) groups is 1. The Labute approximate surface area is 490 Å². The number of amides is 2. The molecular weight excluding hydrogens is 1100 g/mol. The molecule has 2 aromatic rings. The van der Waals surface area contributed by atoms with Gasteiger partial charge < -0.3 is 19.5 Å². The molecule has 7 rings (SSSR count). The Morgan fingerprint density at radius 1 is 0.800 bits per heavy atom. The molecule has 2 amide bonds. The van der Waals surface area contributed by atoms with Gasteiger partial charge in [-0.05, 0) is 113 Å². The number of allylic oxidation sites excluding steroid dienone is 1. The maximum absolute atomic E-state index is 12.1. The second kappa shape index (κ2) is 28.2. The minimum atomic E-state index is -5.84. The summed E-state index contributed by atoms with van der Waals surface area (Å²) >= 11 is 0. The number of nitrogens with zero attached hydrogens (tertiary/aromatic N) is 4. The van der Waals surface area contributed by atoms with Crippen LogP contribution in [0, 0.1) is 22.2 Å². The average Bonchev–Trinajstić information content (AvgIpc) is 3.65. The number of hydrogen-bond acceptors (Lipinski definition) is 9. The van der Waals surface area contributed by atoms with Crippen molar-refractivity contribution in [1.82, 2.24) is 0 Å². The van der Waals surface area contributed by atoms with E-state index >= 15 is 0 Å². The van der Waals surface area contributed by atoms with Crippen molar-refractivity contribution in [3.8, 4) is 0 Å². The number of fused-ring (bicyclic) bond motifs is 2. The summed E-state index contributed by atoms with van der Waals surface area (Å²) in [6, 6.07) is 14.3. The first kappa shape index (κ1) is 76.2. The summed E-state index contributed by atoms with van der Waals surface area (Å²) in [7, 11) is -5.84. The average molecular weight is 1200 g/mol. The predicted octanol–water partition coefficient (Wildman–Crippen LogP) is 16.1. The first-order valence-corrected chi connectivity index (χ1v) is 28.3. The zero-order valence-corrected chi connectivity index (χ0v) is 52.0. The molecule has 18 heteroatoms. The summed E-state index contributed by atoms with van der Waals surface area (Å²) in [4.78, 5) is 36.5. The third-order valence-electron chi connectivity index (χ3n) is 16.0. The molecule has 2 fully saturated rings. The molecule has 1 saturated heterocycles. The number of alkyl halides is 3. The molecule has 0 bridgehead atoms. The van der Waals surface area contributed by atoms with E-state index in [0.717, 1.165) is 17.9 Å². The molecule has 5 aliphatic rings. The van der Waals surface area contributed by atoms with Crippen molar-refractivity contribution in [2.75, 3.05) is 19.8 Å². The number of halogens is 3. The van der Waals surface area contributed by atoms with Crippen LogP contribution in [-0.4, -0.2) is 80.8 Å². The molecule has 5 atom stereocenters. The van der Waals surface area contributed by atoms with Crippen LogP contribution in [0.5, 0.6) is 0 Å². The van der Waals surface area contributed by atoms with Crippen molar-refractivity contribution in [2.45, 2.75) is 243 Å². The molecule has 13 nitrogen and oxygen atoms in total. The van der Waals surface area contributed by atoms with Gasteiger partial charge in [0, 0.05) is 23.9 Å². The van der Waals surface area contributed by atoms with Gasteiger partial charge in [-0.25, -0.2) is 4.99 Å². The van der Waals surface area contributed by atoms with Gasteiger partial charge in [-0.1, -0.05) is 193 Å². The molecule has 0 radical (unpaired) electrons. The monoisotopic (exact) mass is 1200 g/mol. The number of ether oxygens (including phenoxy) is 3. The molecule has 0 spiro atoms. The number of carbonyl (C=O) groups is 3. The maximum Gasteiger partial charge on any atom is 1.00 e. The SMILES string of the molecule is C.C.C=C(C)c1ccc2c(c1)C(C)(C)CCC2(C)C.CC(C)(C1=N[C@@H](C(C)(C)C)CO1)C1[N-][C@@H](C(C)(C)C)CO1.CCC(=O)N=NC=O.CCOC(=O)C1CC1(C)c1ccc2c(c1)C(C)(C)CCC2(C)C.O=S(=O)(O)C(F)(F)F.[Cu+]. The minimum Gasteiger partial charge on any atom is -0.631 e. The zero-order chi connectivity index (χ0) is 59.3. The van der Waals surface area contributed by atoms with Crippen LogP contribution < -0.4 is 0 Å². The van der Waals surface area contributed by atoms with E-state index in [1.807, 2.05) is 6.92 Å². The smallest absolute Gasteiger partial charge is 0.631 e. The van der Waals surface area contributed by atoms with Gasteiger partial charge in [0.1, 0.15) is 6.61 Å². The summed E-state index contributed by atoms with van der Waals surface area (Å²) in [6.07, 6.45) is 6.26. The maximum atomic E-state index is 12.1. The largest absolute Gasteiger partial charge is 1.00 e. The van der Waals surface area contributed by atoms with E-state index in [0.29, 0.717) is 30.7 Å². The first-order chi connectivity index (χ1) is 34.8. The second-order valence-electron chi connectivity index (χ2n) is 26.8. The van der Waals surface area contributed by atoms with Crippen LogP contribution in [0.3, 0.4) is 0 Å². The number of carbonyl (C=O) groups excluding carboxylic acids is 3. The summed E-state index contributed by atoms with van der Waals surface area (Å²) in [5.74, 6) is 0.412. The number of azo groups is 1.